The predicted molar refractivity (Wildman–Crippen MR) is 230 cm³/mol. The summed E-state index contributed by atoms with van der Waals surface area (Å²) in [5.74, 6) is 1.77. The number of aromatic nitrogens is 4. The van der Waals surface area contributed by atoms with Gasteiger partial charge in [0.05, 0.1) is 22.1 Å². The number of benzene rings is 8. The molecule has 4 aromatic heterocycles. The minimum atomic E-state index is 0.569. The molecule has 8 aromatic carbocycles. The second kappa shape index (κ2) is 12.3. The van der Waals surface area contributed by atoms with Gasteiger partial charge in [-0.25, -0.2) is 15.0 Å². The largest absolute Gasteiger partial charge is 0.456 e. The summed E-state index contributed by atoms with van der Waals surface area (Å²) in [6.45, 7) is 0. The first-order valence-corrected chi connectivity index (χ1v) is 19.0. The molecule has 6 heteroatoms. The zero-order valence-electron chi connectivity index (χ0n) is 30.4. The monoisotopic (exact) mass is 730 g/mol. The fourth-order valence-corrected chi connectivity index (χ4v) is 8.48. The SMILES string of the molecule is c1ccc(-c2ccc(-c3nc(-c4ccccc4)nc(-c4ccc(-n5c6ccccc6c6ccc7oc8ccccc8c7c65)c5oc6ccccc6c45)n3)cc2)cc1. The van der Waals surface area contributed by atoms with Crippen LogP contribution < -0.4 is 0 Å². The summed E-state index contributed by atoms with van der Waals surface area (Å²) in [6, 6.07) is 62.5. The maximum Gasteiger partial charge on any atom is 0.164 e. The summed E-state index contributed by atoms with van der Waals surface area (Å²) in [5.41, 5.74) is 11.3. The molecule has 0 N–H and O–H groups in total. The van der Waals surface area contributed by atoms with E-state index in [0.717, 1.165) is 99.2 Å². The van der Waals surface area contributed by atoms with Gasteiger partial charge in [0.1, 0.15) is 16.7 Å². The molecule has 266 valence electrons. The number of nitrogens with zero attached hydrogens (tertiary/aromatic N) is 4. The van der Waals surface area contributed by atoms with Gasteiger partial charge in [0.2, 0.25) is 0 Å². The first kappa shape index (κ1) is 31.5. The Bertz CT molecular complexity index is 3510. The molecule has 0 unspecified atom stereocenters. The quantitative estimate of drug-likeness (QED) is 0.176. The zero-order valence-corrected chi connectivity index (χ0v) is 30.4. The van der Waals surface area contributed by atoms with E-state index in [1.54, 1.807) is 0 Å². The van der Waals surface area contributed by atoms with Gasteiger partial charge in [-0.05, 0) is 53.6 Å². The van der Waals surface area contributed by atoms with Crippen molar-refractivity contribution in [3.05, 3.63) is 182 Å². The lowest BCUT2D eigenvalue weighted by atomic mass is 10.0. The topological polar surface area (TPSA) is 69.9 Å². The molecule has 0 aliphatic heterocycles. The van der Waals surface area contributed by atoms with Crippen LogP contribution in [0.5, 0.6) is 0 Å². The van der Waals surface area contributed by atoms with Crippen molar-refractivity contribution in [2.75, 3.05) is 0 Å². The molecule has 12 aromatic rings. The van der Waals surface area contributed by atoms with Gasteiger partial charge in [-0.1, -0.05) is 140 Å². The van der Waals surface area contributed by atoms with E-state index in [1.807, 2.05) is 60.7 Å². The summed E-state index contributed by atoms with van der Waals surface area (Å²) in [5, 5.41) is 6.36. The molecule has 0 saturated heterocycles. The molecule has 0 spiro atoms. The molecule has 0 saturated carbocycles. The first-order chi connectivity index (χ1) is 28.3. The lowest BCUT2D eigenvalue weighted by Crippen LogP contribution is -2.01. The normalized spacial score (nSPS) is 11.9. The van der Waals surface area contributed by atoms with E-state index in [2.05, 4.69) is 126 Å². The van der Waals surface area contributed by atoms with E-state index >= 15 is 0 Å². The highest BCUT2D eigenvalue weighted by Gasteiger charge is 2.24. The Kier molecular flexibility index (Phi) is 6.83. The lowest BCUT2D eigenvalue weighted by molar-refractivity contribution is 0.666. The molecule has 0 radical (unpaired) electrons. The molecule has 0 aliphatic carbocycles. The summed E-state index contributed by atoms with van der Waals surface area (Å²) in [6.07, 6.45) is 0. The van der Waals surface area contributed by atoms with Gasteiger partial charge < -0.3 is 13.4 Å². The smallest absolute Gasteiger partial charge is 0.164 e. The van der Waals surface area contributed by atoms with E-state index in [4.69, 9.17) is 23.8 Å². The Morgan fingerprint density at radius 1 is 0.351 bits per heavy atom. The maximum absolute atomic E-state index is 6.92. The van der Waals surface area contributed by atoms with Gasteiger partial charge in [0, 0.05) is 43.6 Å². The van der Waals surface area contributed by atoms with Gasteiger partial charge in [0.15, 0.2) is 23.1 Å². The van der Waals surface area contributed by atoms with Crippen molar-refractivity contribution in [1.82, 2.24) is 19.5 Å². The third-order valence-electron chi connectivity index (χ3n) is 11.1. The van der Waals surface area contributed by atoms with Crippen LogP contribution in [0.25, 0.3) is 117 Å². The molecule has 0 fully saturated rings. The van der Waals surface area contributed by atoms with Gasteiger partial charge in [-0.2, -0.15) is 0 Å². The fraction of sp³-hybridized carbons (Fsp3) is 0. The highest BCUT2D eigenvalue weighted by Crippen LogP contribution is 2.45. The number of fused-ring (bicyclic) bond motifs is 10. The van der Waals surface area contributed by atoms with Crippen molar-refractivity contribution in [3.8, 4) is 51.0 Å². The molecule has 0 amide bonds. The second-order valence-corrected chi connectivity index (χ2v) is 14.3. The average Bonchev–Trinajstić information content (AvgIpc) is 3.97. The van der Waals surface area contributed by atoms with E-state index < -0.39 is 0 Å². The number of para-hydroxylation sites is 3. The Balaban J connectivity index is 1.14. The second-order valence-electron chi connectivity index (χ2n) is 14.3. The van der Waals surface area contributed by atoms with E-state index in [-0.39, 0.29) is 0 Å². The Hall–Kier alpha value is -7.83. The van der Waals surface area contributed by atoms with Crippen LogP contribution in [-0.4, -0.2) is 19.5 Å². The number of furan rings is 2. The minimum absolute atomic E-state index is 0.569. The van der Waals surface area contributed by atoms with Crippen LogP contribution in [0.3, 0.4) is 0 Å². The Morgan fingerprint density at radius 2 is 0.895 bits per heavy atom. The fourth-order valence-electron chi connectivity index (χ4n) is 8.48. The van der Waals surface area contributed by atoms with Gasteiger partial charge >= 0.3 is 0 Å². The van der Waals surface area contributed by atoms with Crippen LogP contribution in [0.2, 0.25) is 0 Å². The molecule has 6 nitrogen and oxygen atoms in total. The number of hydrogen-bond acceptors (Lipinski definition) is 5. The summed E-state index contributed by atoms with van der Waals surface area (Å²) in [7, 11) is 0. The van der Waals surface area contributed by atoms with Crippen molar-refractivity contribution < 1.29 is 8.83 Å². The molecule has 0 aliphatic rings. The highest BCUT2D eigenvalue weighted by atomic mass is 16.3. The van der Waals surface area contributed by atoms with Crippen molar-refractivity contribution in [3.63, 3.8) is 0 Å². The summed E-state index contributed by atoms with van der Waals surface area (Å²) >= 11 is 0. The molecule has 0 atom stereocenters. The van der Waals surface area contributed by atoms with Crippen molar-refractivity contribution >= 4 is 65.7 Å². The zero-order chi connectivity index (χ0) is 37.5. The van der Waals surface area contributed by atoms with Gasteiger partial charge in [-0.15, -0.1) is 0 Å². The molecular weight excluding hydrogens is 701 g/mol. The third-order valence-corrected chi connectivity index (χ3v) is 11.1. The first-order valence-electron chi connectivity index (χ1n) is 19.0. The third kappa shape index (κ3) is 4.87. The summed E-state index contributed by atoms with van der Waals surface area (Å²) in [4.78, 5) is 15.4. The van der Waals surface area contributed by atoms with Gasteiger partial charge in [-0.3, -0.25) is 0 Å². The molecule has 57 heavy (non-hydrogen) atoms. The van der Waals surface area contributed by atoms with Crippen LogP contribution >= 0.6 is 0 Å². The highest BCUT2D eigenvalue weighted by molar-refractivity contribution is 6.25. The Labute approximate surface area is 325 Å². The van der Waals surface area contributed by atoms with E-state index in [9.17, 15) is 0 Å². The maximum atomic E-state index is 6.92. The summed E-state index contributed by atoms with van der Waals surface area (Å²) < 4.78 is 15.7. The molecular formula is C51H30N4O2. The van der Waals surface area contributed by atoms with Crippen LogP contribution in [-0.2, 0) is 0 Å². The van der Waals surface area contributed by atoms with Crippen LogP contribution in [0.4, 0.5) is 0 Å². The van der Waals surface area contributed by atoms with Crippen molar-refractivity contribution in [2.45, 2.75) is 0 Å². The molecule has 12 rings (SSSR count). The van der Waals surface area contributed by atoms with E-state index in [1.165, 1.54) is 0 Å². The van der Waals surface area contributed by atoms with Crippen LogP contribution in [0, 0.1) is 0 Å². The van der Waals surface area contributed by atoms with Crippen LogP contribution in [0.15, 0.2) is 191 Å². The average molecular weight is 731 g/mol. The van der Waals surface area contributed by atoms with Crippen molar-refractivity contribution in [1.29, 1.82) is 0 Å². The van der Waals surface area contributed by atoms with Crippen molar-refractivity contribution in [2.24, 2.45) is 0 Å². The number of hydrogen-bond donors (Lipinski definition) is 0. The Morgan fingerprint density at radius 3 is 1.63 bits per heavy atom. The van der Waals surface area contributed by atoms with E-state index in [0.29, 0.717) is 17.5 Å². The van der Waals surface area contributed by atoms with Gasteiger partial charge in [0.25, 0.3) is 0 Å². The minimum Gasteiger partial charge on any atom is -0.456 e. The molecule has 0 bridgehead atoms. The predicted octanol–water partition coefficient (Wildman–Crippen LogP) is 13.4. The lowest BCUT2D eigenvalue weighted by Gasteiger charge is -2.13. The number of rotatable bonds is 5. The van der Waals surface area contributed by atoms with Crippen LogP contribution in [0.1, 0.15) is 0 Å². The molecule has 4 heterocycles. The standard InChI is InChI=1S/C51H30N4O2/c1-3-13-31(14-4-1)32-23-25-34(26-24-32)50-52-49(33-15-5-2-6-16-33)53-51(54-50)39-27-29-41(48-45(39)37-18-8-12-22-43(37)57-48)55-40-20-10-7-17-35(40)36-28-30-44-46(47(36)55)38-19-9-11-21-42(38)56-44/h1-30H.